The van der Waals surface area contributed by atoms with Gasteiger partial charge in [-0.1, -0.05) is 68.6 Å². The summed E-state index contributed by atoms with van der Waals surface area (Å²) in [5, 5.41) is 3.71. The third-order valence-electron chi connectivity index (χ3n) is 6.34. The van der Waals surface area contributed by atoms with Gasteiger partial charge in [0.2, 0.25) is 21.8 Å². The summed E-state index contributed by atoms with van der Waals surface area (Å²) >= 11 is 12.3. The van der Waals surface area contributed by atoms with Gasteiger partial charge in [0.05, 0.1) is 22.0 Å². The van der Waals surface area contributed by atoms with Crippen molar-refractivity contribution in [2.75, 3.05) is 23.7 Å². The Balaban J connectivity index is 2.22. The first-order chi connectivity index (χ1) is 18.0. The first-order valence-corrected chi connectivity index (χ1v) is 15.7. The first kappa shape index (κ1) is 31.9. The van der Waals surface area contributed by atoms with Crippen LogP contribution in [0.15, 0.2) is 42.5 Å². The summed E-state index contributed by atoms with van der Waals surface area (Å²) in [6.45, 7) is 6.82. The lowest BCUT2D eigenvalue weighted by molar-refractivity contribution is -0.141. The zero-order valence-electron chi connectivity index (χ0n) is 22.7. The summed E-state index contributed by atoms with van der Waals surface area (Å²) in [7, 11) is -3.54. The number of hydrogen-bond donors (Lipinski definition) is 1. The van der Waals surface area contributed by atoms with Crippen LogP contribution in [0.2, 0.25) is 10.0 Å². The van der Waals surface area contributed by atoms with Gasteiger partial charge in [-0.25, -0.2) is 8.42 Å². The molecule has 2 aromatic rings. The summed E-state index contributed by atoms with van der Waals surface area (Å²) in [6, 6.07) is 11.8. The van der Waals surface area contributed by atoms with E-state index in [0.717, 1.165) is 36.6 Å². The van der Waals surface area contributed by atoms with Crippen LogP contribution in [0.4, 0.5) is 5.69 Å². The van der Waals surface area contributed by atoms with Crippen LogP contribution in [0.3, 0.4) is 0 Å². The minimum Gasteiger partial charge on any atom is -0.354 e. The number of anilines is 1. The molecule has 0 heterocycles. The van der Waals surface area contributed by atoms with Crippen molar-refractivity contribution < 1.29 is 18.0 Å². The second-order valence-electron chi connectivity index (χ2n) is 9.30. The maximum atomic E-state index is 13.5. The normalized spacial score (nSPS) is 12.2. The minimum atomic E-state index is -3.54. The van der Waals surface area contributed by atoms with Crippen LogP contribution in [-0.4, -0.2) is 50.5 Å². The number of carbonyl (C=O) groups is 2. The van der Waals surface area contributed by atoms with Gasteiger partial charge in [-0.3, -0.25) is 13.9 Å². The molecule has 0 radical (unpaired) electrons. The molecule has 0 aliphatic rings. The van der Waals surface area contributed by atoms with Gasteiger partial charge < -0.3 is 10.2 Å². The average Bonchev–Trinajstić information content (AvgIpc) is 2.88. The van der Waals surface area contributed by atoms with Crippen molar-refractivity contribution in [2.24, 2.45) is 0 Å². The van der Waals surface area contributed by atoms with E-state index in [0.29, 0.717) is 35.1 Å². The fourth-order valence-corrected chi connectivity index (χ4v) is 5.45. The average molecular weight is 585 g/mol. The van der Waals surface area contributed by atoms with Crippen molar-refractivity contribution in [3.63, 3.8) is 0 Å². The SMILES string of the molecule is CCCCNC(=O)[C@@H](CC)N(Cc1ccc(Cl)c(Cl)c1)C(=O)CCCN(c1ccc(CC)cc1)S(C)(=O)=O. The van der Waals surface area contributed by atoms with Gasteiger partial charge in [0.25, 0.3) is 0 Å². The van der Waals surface area contributed by atoms with Crippen LogP contribution in [0.1, 0.15) is 64.0 Å². The van der Waals surface area contributed by atoms with Crippen LogP contribution in [0, 0.1) is 0 Å². The monoisotopic (exact) mass is 583 g/mol. The second kappa shape index (κ2) is 15.3. The lowest BCUT2D eigenvalue weighted by Crippen LogP contribution is -2.49. The molecule has 0 aliphatic heterocycles. The van der Waals surface area contributed by atoms with E-state index in [1.807, 2.05) is 32.9 Å². The molecule has 0 aliphatic carbocycles. The number of sulfonamides is 1. The van der Waals surface area contributed by atoms with Crippen molar-refractivity contribution in [1.29, 1.82) is 0 Å². The van der Waals surface area contributed by atoms with Gasteiger partial charge in [-0.15, -0.1) is 0 Å². The standard InChI is InChI=1S/C28H39Cl2N3O4S/c1-5-8-17-31-28(35)26(7-3)32(20-22-13-16-24(29)25(30)19-22)27(34)10-9-18-33(38(4,36)37)23-14-11-21(6-2)12-15-23/h11-16,19,26H,5-10,17-18,20H2,1-4H3,(H,31,35)/t26-/m1/s1. The van der Waals surface area contributed by atoms with Gasteiger partial charge >= 0.3 is 0 Å². The van der Waals surface area contributed by atoms with E-state index in [1.54, 1.807) is 35.2 Å². The highest BCUT2D eigenvalue weighted by Crippen LogP contribution is 2.25. The van der Waals surface area contributed by atoms with E-state index >= 15 is 0 Å². The minimum absolute atomic E-state index is 0.0825. The Morgan fingerprint density at radius 1 is 0.947 bits per heavy atom. The summed E-state index contributed by atoms with van der Waals surface area (Å²) in [4.78, 5) is 28.1. The number of unbranched alkanes of at least 4 members (excludes halogenated alkanes) is 1. The zero-order chi connectivity index (χ0) is 28.3. The van der Waals surface area contributed by atoms with E-state index in [4.69, 9.17) is 23.2 Å². The fraction of sp³-hybridized carbons (Fsp3) is 0.500. The van der Waals surface area contributed by atoms with Crippen LogP contribution < -0.4 is 9.62 Å². The van der Waals surface area contributed by atoms with Gasteiger partial charge in [0.15, 0.2) is 0 Å². The molecule has 0 fully saturated rings. The summed E-state index contributed by atoms with van der Waals surface area (Å²) < 4.78 is 26.4. The van der Waals surface area contributed by atoms with Crippen LogP contribution in [0.25, 0.3) is 0 Å². The number of halogens is 2. The quantitative estimate of drug-likeness (QED) is 0.267. The molecular weight excluding hydrogens is 545 g/mol. The molecule has 0 unspecified atom stereocenters. The number of hydrogen-bond acceptors (Lipinski definition) is 4. The summed E-state index contributed by atoms with van der Waals surface area (Å²) in [5.74, 6) is -0.438. The van der Waals surface area contributed by atoms with Crippen molar-refractivity contribution in [3.8, 4) is 0 Å². The van der Waals surface area contributed by atoms with Crippen LogP contribution in [0.5, 0.6) is 0 Å². The predicted octanol–water partition coefficient (Wildman–Crippen LogP) is 5.83. The third kappa shape index (κ3) is 9.47. The summed E-state index contributed by atoms with van der Waals surface area (Å²) in [6.07, 6.45) is 4.63. The number of carbonyl (C=O) groups excluding carboxylic acids is 2. The molecule has 210 valence electrons. The molecule has 0 bridgehead atoms. The highest BCUT2D eigenvalue weighted by Gasteiger charge is 2.29. The van der Waals surface area contributed by atoms with Crippen molar-refractivity contribution in [1.82, 2.24) is 10.2 Å². The molecule has 1 N–H and O–H groups in total. The van der Waals surface area contributed by atoms with Gasteiger partial charge in [0.1, 0.15) is 6.04 Å². The Bertz CT molecular complexity index is 1170. The predicted molar refractivity (Wildman–Crippen MR) is 156 cm³/mol. The molecule has 10 heteroatoms. The van der Waals surface area contributed by atoms with E-state index in [9.17, 15) is 18.0 Å². The molecule has 0 saturated carbocycles. The molecule has 0 spiro atoms. The molecule has 1 atom stereocenters. The Hall–Kier alpha value is -2.29. The van der Waals surface area contributed by atoms with Gasteiger partial charge in [-0.2, -0.15) is 0 Å². The largest absolute Gasteiger partial charge is 0.354 e. The van der Waals surface area contributed by atoms with Crippen LogP contribution >= 0.6 is 23.2 Å². The highest BCUT2D eigenvalue weighted by atomic mass is 35.5. The molecule has 38 heavy (non-hydrogen) atoms. The Labute approximate surface area is 237 Å². The maximum absolute atomic E-state index is 13.5. The smallest absolute Gasteiger partial charge is 0.242 e. The Morgan fingerprint density at radius 3 is 2.16 bits per heavy atom. The Kier molecular flexibility index (Phi) is 12.9. The van der Waals surface area contributed by atoms with E-state index in [1.165, 1.54) is 4.31 Å². The third-order valence-corrected chi connectivity index (χ3v) is 8.27. The lowest BCUT2D eigenvalue weighted by atomic mass is 10.1. The summed E-state index contributed by atoms with van der Waals surface area (Å²) in [5.41, 5.74) is 2.42. The number of aryl methyl sites for hydroxylation is 1. The number of benzene rings is 2. The maximum Gasteiger partial charge on any atom is 0.242 e. The topological polar surface area (TPSA) is 86.8 Å². The fourth-order valence-electron chi connectivity index (χ4n) is 4.16. The molecule has 2 aromatic carbocycles. The molecule has 0 saturated heterocycles. The Morgan fingerprint density at radius 2 is 1.61 bits per heavy atom. The van der Waals surface area contributed by atoms with Crippen LogP contribution in [-0.2, 0) is 32.6 Å². The molecule has 2 rings (SSSR count). The van der Waals surface area contributed by atoms with Gasteiger partial charge in [-0.05, 0) is 61.1 Å². The van der Waals surface area contributed by atoms with Crippen molar-refractivity contribution >= 4 is 50.7 Å². The van der Waals surface area contributed by atoms with E-state index in [2.05, 4.69) is 5.32 Å². The second-order valence-corrected chi connectivity index (χ2v) is 12.0. The van der Waals surface area contributed by atoms with E-state index < -0.39 is 16.1 Å². The molecule has 0 aromatic heterocycles. The zero-order valence-corrected chi connectivity index (χ0v) is 25.0. The van der Waals surface area contributed by atoms with Crippen molar-refractivity contribution in [2.45, 2.75) is 71.9 Å². The lowest BCUT2D eigenvalue weighted by Gasteiger charge is -2.31. The number of rotatable bonds is 15. The first-order valence-electron chi connectivity index (χ1n) is 13.1. The molecule has 7 nitrogen and oxygen atoms in total. The van der Waals surface area contributed by atoms with E-state index in [-0.39, 0.29) is 31.3 Å². The number of amides is 2. The van der Waals surface area contributed by atoms with Crippen molar-refractivity contribution in [3.05, 3.63) is 63.6 Å². The molecular formula is C28H39Cl2N3O4S. The number of nitrogens with zero attached hydrogens (tertiary/aromatic N) is 2. The van der Waals surface area contributed by atoms with Gasteiger partial charge in [0, 0.05) is 26.1 Å². The highest BCUT2D eigenvalue weighted by molar-refractivity contribution is 7.92. The number of nitrogens with one attached hydrogen (secondary N) is 1. The molecule has 2 amide bonds.